The van der Waals surface area contributed by atoms with Gasteiger partial charge in [0.2, 0.25) is 10.0 Å². The van der Waals surface area contributed by atoms with Gasteiger partial charge in [-0.25, -0.2) is 17.9 Å². The van der Waals surface area contributed by atoms with Crippen molar-refractivity contribution >= 4 is 16.0 Å². The van der Waals surface area contributed by atoms with Gasteiger partial charge < -0.3 is 14.8 Å². The summed E-state index contributed by atoms with van der Waals surface area (Å²) in [5.41, 5.74) is -0.153. The molecule has 0 amide bonds. The highest BCUT2D eigenvalue weighted by atomic mass is 32.2. The van der Waals surface area contributed by atoms with Gasteiger partial charge in [-0.1, -0.05) is 0 Å². The second-order valence-corrected chi connectivity index (χ2v) is 5.90. The molecule has 2 rings (SSSR count). The van der Waals surface area contributed by atoms with Gasteiger partial charge in [-0.3, -0.25) is 0 Å². The van der Waals surface area contributed by atoms with E-state index < -0.39 is 16.0 Å². The van der Waals surface area contributed by atoms with E-state index in [9.17, 15) is 13.2 Å². The number of carbonyl (C=O) groups is 1. The highest BCUT2D eigenvalue weighted by molar-refractivity contribution is 7.89. The molecule has 1 fully saturated rings. The van der Waals surface area contributed by atoms with Crippen molar-refractivity contribution in [2.75, 3.05) is 19.8 Å². The van der Waals surface area contributed by atoms with E-state index in [-0.39, 0.29) is 16.5 Å². The molecule has 1 aliphatic heterocycles. The van der Waals surface area contributed by atoms with Crippen LogP contribution in [0.3, 0.4) is 0 Å². The Morgan fingerprint density at radius 2 is 2.39 bits per heavy atom. The van der Waals surface area contributed by atoms with Crippen LogP contribution in [0.4, 0.5) is 0 Å². The van der Waals surface area contributed by atoms with E-state index in [2.05, 4.69) is 9.71 Å². The summed E-state index contributed by atoms with van der Waals surface area (Å²) in [5.74, 6) is -1.02. The molecule has 0 aromatic carbocycles. The molecule has 1 aromatic rings. The molecule has 2 heterocycles. The number of sulfonamides is 1. The average molecular weight is 274 g/mol. The second-order valence-electron chi connectivity index (χ2n) is 4.14. The third-order valence-corrected chi connectivity index (χ3v) is 4.19. The van der Waals surface area contributed by atoms with Crippen molar-refractivity contribution < 1.29 is 23.1 Å². The van der Waals surface area contributed by atoms with Gasteiger partial charge in [0.25, 0.3) is 0 Å². The van der Waals surface area contributed by atoms with E-state index in [1.54, 1.807) is 0 Å². The second kappa shape index (κ2) is 5.09. The third-order valence-electron chi connectivity index (χ3n) is 2.78. The first-order chi connectivity index (χ1) is 8.49. The molecule has 0 saturated carbocycles. The Kier molecular flexibility index (Phi) is 3.69. The summed E-state index contributed by atoms with van der Waals surface area (Å²) in [6, 6.07) is 1.09. The summed E-state index contributed by atoms with van der Waals surface area (Å²) in [7, 11) is -3.66. The summed E-state index contributed by atoms with van der Waals surface area (Å²) >= 11 is 0. The molecule has 1 aromatic heterocycles. The smallest absolute Gasteiger partial charge is 0.352 e. The van der Waals surface area contributed by atoms with Gasteiger partial charge >= 0.3 is 5.97 Å². The highest BCUT2D eigenvalue weighted by Gasteiger charge is 2.21. The van der Waals surface area contributed by atoms with Crippen molar-refractivity contribution in [2.24, 2.45) is 5.92 Å². The minimum absolute atomic E-state index is 0.0705. The first-order valence-corrected chi connectivity index (χ1v) is 6.96. The zero-order valence-corrected chi connectivity index (χ0v) is 10.4. The molecular formula is C10H14N2O5S. The lowest BCUT2D eigenvalue weighted by Gasteiger charge is -2.08. The molecule has 7 nitrogen and oxygen atoms in total. The Morgan fingerprint density at radius 1 is 1.61 bits per heavy atom. The van der Waals surface area contributed by atoms with Crippen LogP contribution in [0.2, 0.25) is 0 Å². The maximum absolute atomic E-state index is 11.9. The molecule has 1 saturated heterocycles. The Bertz CT molecular complexity index is 530. The minimum Gasteiger partial charge on any atom is -0.477 e. The molecule has 1 unspecified atom stereocenters. The van der Waals surface area contributed by atoms with Gasteiger partial charge in [0, 0.05) is 19.3 Å². The molecule has 18 heavy (non-hydrogen) atoms. The van der Waals surface area contributed by atoms with E-state index in [0.29, 0.717) is 19.8 Å². The van der Waals surface area contributed by atoms with Gasteiger partial charge in [-0.15, -0.1) is 0 Å². The fourth-order valence-electron chi connectivity index (χ4n) is 1.71. The van der Waals surface area contributed by atoms with Crippen LogP contribution in [0.25, 0.3) is 0 Å². The number of hydrogen-bond acceptors (Lipinski definition) is 4. The lowest BCUT2D eigenvalue weighted by atomic mass is 10.1. The van der Waals surface area contributed by atoms with E-state index in [1.165, 1.54) is 0 Å². The molecular weight excluding hydrogens is 260 g/mol. The standard InChI is InChI=1S/C10H14N2O5S/c13-10(14)9-3-8(5-11-9)18(15,16)12-4-7-1-2-17-6-7/h3,5,7,11-12H,1-2,4,6H2,(H,13,14). The molecule has 8 heteroatoms. The zero-order valence-electron chi connectivity index (χ0n) is 9.55. The van der Waals surface area contributed by atoms with Crippen LogP contribution in [0.1, 0.15) is 16.9 Å². The van der Waals surface area contributed by atoms with Crippen LogP contribution in [-0.2, 0) is 14.8 Å². The summed E-state index contributed by atoms with van der Waals surface area (Å²) in [4.78, 5) is 13.0. The number of carboxylic acids is 1. The molecule has 3 N–H and O–H groups in total. The normalized spacial score (nSPS) is 20.1. The molecule has 100 valence electrons. The number of ether oxygens (including phenoxy) is 1. The summed E-state index contributed by atoms with van der Waals surface area (Å²) in [6.07, 6.45) is 1.99. The van der Waals surface area contributed by atoms with Crippen molar-refractivity contribution in [3.05, 3.63) is 18.0 Å². The Morgan fingerprint density at radius 3 is 2.94 bits per heavy atom. The molecule has 0 aliphatic carbocycles. The summed E-state index contributed by atoms with van der Waals surface area (Å²) in [5, 5.41) is 8.70. The predicted octanol–water partition coefficient (Wildman–Crippen LogP) is 0.0277. The van der Waals surface area contributed by atoms with Gasteiger partial charge in [0.15, 0.2) is 0 Å². The maximum atomic E-state index is 11.9. The van der Waals surface area contributed by atoms with E-state index in [4.69, 9.17) is 9.84 Å². The van der Waals surface area contributed by atoms with E-state index >= 15 is 0 Å². The number of rotatable bonds is 5. The number of aromatic nitrogens is 1. The van der Waals surface area contributed by atoms with Gasteiger partial charge in [0.05, 0.1) is 6.61 Å². The van der Waals surface area contributed by atoms with Crippen LogP contribution in [0, 0.1) is 5.92 Å². The molecule has 0 bridgehead atoms. The SMILES string of the molecule is O=C(O)c1cc(S(=O)(=O)NCC2CCOC2)c[nH]1. The predicted molar refractivity (Wildman–Crippen MR) is 61.9 cm³/mol. The molecule has 0 spiro atoms. The number of aromatic carboxylic acids is 1. The number of carboxylic acid groups (broad SMARTS) is 1. The molecule has 1 aliphatic rings. The van der Waals surface area contributed by atoms with Crippen LogP contribution >= 0.6 is 0 Å². The highest BCUT2D eigenvalue weighted by Crippen LogP contribution is 2.14. The Balaban J connectivity index is 2.02. The van der Waals surface area contributed by atoms with E-state index in [0.717, 1.165) is 18.7 Å². The quantitative estimate of drug-likeness (QED) is 0.702. The number of H-pyrrole nitrogens is 1. The first-order valence-electron chi connectivity index (χ1n) is 5.48. The zero-order chi connectivity index (χ0) is 13.2. The molecule has 1 atom stereocenters. The average Bonchev–Trinajstić information content (AvgIpc) is 2.98. The third kappa shape index (κ3) is 2.89. The largest absolute Gasteiger partial charge is 0.477 e. The van der Waals surface area contributed by atoms with Crippen LogP contribution < -0.4 is 4.72 Å². The van der Waals surface area contributed by atoms with Crippen molar-refractivity contribution in [2.45, 2.75) is 11.3 Å². The summed E-state index contributed by atoms with van der Waals surface area (Å²) in [6.45, 7) is 1.51. The maximum Gasteiger partial charge on any atom is 0.352 e. The number of nitrogens with one attached hydrogen (secondary N) is 2. The van der Waals surface area contributed by atoms with Crippen molar-refractivity contribution in [1.29, 1.82) is 0 Å². The van der Waals surface area contributed by atoms with E-state index in [1.807, 2.05) is 0 Å². The lowest BCUT2D eigenvalue weighted by Crippen LogP contribution is -2.29. The van der Waals surface area contributed by atoms with Gasteiger partial charge in [-0.2, -0.15) is 0 Å². The fourth-order valence-corrected chi connectivity index (χ4v) is 2.82. The lowest BCUT2D eigenvalue weighted by molar-refractivity contribution is 0.0691. The number of hydrogen-bond donors (Lipinski definition) is 3. The summed E-state index contributed by atoms with van der Waals surface area (Å²) < 4.78 is 31.3. The van der Waals surface area contributed by atoms with Crippen molar-refractivity contribution in [1.82, 2.24) is 9.71 Å². The van der Waals surface area contributed by atoms with Crippen molar-refractivity contribution in [3.63, 3.8) is 0 Å². The Labute approximate surface area is 104 Å². The minimum atomic E-state index is -3.66. The fraction of sp³-hybridized carbons (Fsp3) is 0.500. The van der Waals surface area contributed by atoms with Crippen molar-refractivity contribution in [3.8, 4) is 0 Å². The molecule has 0 radical (unpaired) electrons. The van der Waals surface area contributed by atoms with Crippen LogP contribution in [-0.4, -0.2) is 44.2 Å². The monoisotopic (exact) mass is 274 g/mol. The van der Waals surface area contributed by atoms with Gasteiger partial charge in [0.1, 0.15) is 10.6 Å². The van der Waals surface area contributed by atoms with Gasteiger partial charge in [-0.05, 0) is 18.4 Å². The first kappa shape index (κ1) is 13.1. The van der Waals surface area contributed by atoms with Crippen LogP contribution in [0.5, 0.6) is 0 Å². The van der Waals surface area contributed by atoms with Crippen LogP contribution in [0.15, 0.2) is 17.2 Å². The topological polar surface area (TPSA) is 108 Å². The Hall–Kier alpha value is -1.38. The number of aromatic amines is 1.